The first kappa shape index (κ1) is 16.3. The van der Waals surface area contributed by atoms with Crippen LogP contribution in [0.25, 0.3) is 5.57 Å². The molecule has 0 saturated heterocycles. The zero-order chi connectivity index (χ0) is 16.3. The van der Waals surface area contributed by atoms with Crippen molar-refractivity contribution in [1.82, 2.24) is 4.90 Å². The van der Waals surface area contributed by atoms with Crippen molar-refractivity contribution in [3.63, 3.8) is 0 Å². The highest BCUT2D eigenvalue weighted by molar-refractivity contribution is 5.95. The predicted molar refractivity (Wildman–Crippen MR) is 86.8 cm³/mol. The summed E-state index contributed by atoms with van der Waals surface area (Å²) in [6.07, 6.45) is 2.52. The van der Waals surface area contributed by atoms with E-state index >= 15 is 0 Å². The van der Waals surface area contributed by atoms with E-state index in [1.54, 1.807) is 11.8 Å². The van der Waals surface area contributed by atoms with Gasteiger partial charge in [-0.3, -0.25) is 4.79 Å². The molecule has 22 heavy (non-hydrogen) atoms. The van der Waals surface area contributed by atoms with Crippen LogP contribution in [0.1, 0.15) is 50.0 Å². The molecule has 1 aromatic rings. The molecule has 1 aromatic carbocycles. The summed E-state index contributed by atoms with van der Waals surface area (Å²) in [5.74, 6) is 0.0636. The highest BCUT2D eigenvalue weighted by Gasteiger charge is 2.23. The van der Waals surface area contributed by atoms with Crippen LogP contribution < -0.4 is 0 Å². The van der Waals surface area contributed by atoms with Crippen LogP contribution in [0.4, 0.5) is 4.79 Å². The van der Waals surface area contributed by atoms with E-state index in [0.717, 1.165) is 12.0 Å². The third-order valence-electron chi connectivity index (χ3n) is 3.50. The van der Waals surface area contributed by atoms with Gasteiger partial charge in [0, 0.05) is 18.7 Å². The number of amides is 1. The number of nitrogens with zero attached hydrogens (tertiary/aromatic N) is 1. The van der Waals surface area contributed by atoms with Gasteiger partial charge in [0.1, 0.15) is 5.60 Å². The van der Waals surface area contributed by atoms with Gasteiger partial charge < -0.3 is 9.64 Å². The molecule has 0 aliphatic carbocycles. The molecule has 1 amide bonds. The first-order valence-electron chi connectivity index (χ1n) is 7.54. The average molecular weight is 301 g/mol. The van der Waals surface area contributed by atoms with Gasteiger partial charge in [0.05, 0.1) is 0 Å². The van der Waals surface area contributed by atoms with Crippen molar-refractivity contribution in [3.05, 3.63) is 41.5 Å². The number of ether oxygens (including phenoxy) is 1. The summed E-state index contributed by atoms with van der Waals surface area (Å²) < 4.78 is 5.38. The lowest BCUT2D eigenvalue weighted by atomic mass is 9.97. The molecule has 2 rings (SSSR count). The third-order valence-corrected chi connectivity index (χ3v) is 3.50. The maximum Gasteiger partial charge on any atom is 0.410 e. The number of rotatable bonds is 2. The minimum Gasteiger partial charge on any atom is -0.444 e. The van der Waals surface area contributed by atoms with E-state index in [1.807, 2.05) is 51.1 Å². The fourth-order valence-electron chi connectivity index (χ4n) is 2.36. The molecule has 0 atom stereocenters. The van der Waals surface area contributed by atoms with Crippen LogP contribution in [0, 0.1) is 0 Å². The Hall–Kier alpha value is -2.10. The molecule has 1 heterocycles. The third kappa shape index (κ3) is 4.20. The molecule has 0 bridgehead atoms. The predicted octanol–water partition coefficient (Wildman–Crippen LogP) is 3.91. The molecule has 0 unspecified atom stereocenters. The van der Waals surface area contributed by atoms with E-state index < -0.39 is 5.60 Å². The largest absolute Gasteiger partial charge is 0.444 e. The Kier molecular flexibility index (Phi) is 4.69. The number of benzene rings is 1. The molecule has 0 fully saturated rings. The van der Waals surface area contributed by atoms with Crippen molar-refractivity contribution in [2.24, 2.45) is 0 Å². The second-order valence-electron chi connectivity index (χ2n) is 6.54. The maximum atomic E-state index is 12.0. The van der Waals surface area contributed by atoms with Crippen molar-refractivity contribution < 1.29 is 14.3 Å². The van der Waals surface area contributed by atoms with E-state index in [-0.39, 0.29) is 11.9 Å². The van der Waals surface area contributed by atoms with Crippen LogP contribution in [0.2, 0.25) is 0 Å². The molecule has 0 N–H and O–H groups in total. The molecule has 4 nitrogen and oxygen atoms in total. The Bertz CT molecular complexity index is 611. The Morgan fingerprint density at radius 3 is 2.50 bits per heavy atom. The number of hydrogen-bond donors (Lipinski definition) is 0. The van der Waals surface area contributed by atoms with Gasteiger partial charge in [0.2, 0.25) is 0 Å². The molecule has 1 aliphatic rings. The van der Waals surface area contributed by atoms with Crippen molar-refractivity contribution in [2.45, 2.75) is 39.7 Å². The van der Waals surface area contributed by atoms with Gasteiger partial charge in [0.25, 0.3) is 0 Å². The van der Waals surface area contributed by atoms with Crippen LogP contribution >= 0.6 is 0 Å². The highest BCUT2D eigenvalue weighted by Crippen LogP contribution is 2.24. The maximum absolute atomic E-state index is 12.0. The van der Waals surface area contributed by atoms with Gasteiger partial charge in [-0.05, 0) is 51.3 Å². The van der Waals surface area contributed by atoms with E-state index in [2.05, 4.69) is 0 Å². The van der Waals surface area contributed by atoms with Crippen molar-refractivity contribution in [1.29, 1.82) is 0 Å². The smallest absolute Gasteiger partial charge is 0.410 e. The van der Waals surface area contributed by atoms with Crippen LogP contribution in [0.5, 0.6) is 0 Å². The summed E-state index contributed by atoms with van der Waals surface area (Å²) in [6.45, 7) is 8.33. The van der Waals surface area contributed by atoms with Crippen molar-refractivity contribution in [2.75, 3.05) is 13.1 Å². The Labute approximate surface area is 131 Å². The van der Waals surface area contributed by atoms with Gasteiger partial charge in [-0.25, -0.2) is 4.79 Å². The first-order valence-corrected chi connectivity index (χ1v) is 7.54. The lowest BCUT2D eigenvalue weighted by Crippen LogP contribution is -2.39. The highest BCUT2D eigenvalue weighted by atomic mass is 16.6. The lowest BCUT2D eigenvalue weighted by Gasteiger charge is -2.29. The summed E-state index contributed by atoms with van der Waals surface area (Å²) in [6, 6.07) is 7.63. The van der Waals surface area contributed by atoms with Gasteiger partial charge in [-0.1, -0.05) is 24.3 Å². The van der Waals surface area contributed by atoms with Crippen LogP contribution in [0.3, 0.4) is 0 Å². The molecule has 0 saturated carbocycles. The number of carbonyl (C=O) groups is 2. The Balaban J connectivity index is 2.07. The lowest BCUT2D eigenvalue weighted by molar-refractivity contribution is 0.0270. The normalized spacial score (nSPS) is 15.3. The van der Waals surface area contributed by atoms with E-state index in [9.17, 15) is 9.59 Å². The number of carbonyl (C=O) groups excluding carboxylic acids is 2. The second kappa shape index (κ2) is 6.34. The van der Waals surface area contributed by atoms with Crippen LogP contribution in [0.15, 0.2) is 30.3 Å². The minimum absolute atomic E-state index is 0.0636. The zero-order valence-electron chi connectivity index (χ0n) is 13.7. The Morgan fingerprint density at radius 1 is 1.23 bits per heavy atom. The fraction of sp³-hybridized carbons (Fsp3) is 0.444. The number of hydrogen-bond acceptors (Lipinski definition) is 3. The van der Waals surface area contributed by atoms with Gasteiger partial charge in [-0.15, -0.1) is 0 Å². The molecule has 4 heteroatoms. The van der Waals surface area contributed by atoms with Gasteiger partial charge >= 0.3 is 6.09 Å². The molecule has 1 aliphatic heterocycles. The standard InChI is InChI=1S/C18H23NO3/c1-13(20)15-6-5-7-16(12-15)14-8-10-19(11-9-14)17(21)22-18(2,3)4/h5-8,12H,9-11H2,1-4H3. The molecular weight excluding hydrogens is 278 g/mol. The SMILES string of the molecule is CC(=O)c1cccc(C2=CCN(C(=O)OC(C)(C)C)CC2)c1. The molecule has 0 spiro atoms. The van der Waals surface area contributed by atoms with Gasteiger partial charge in [-0.2, -0.15) is 0 Å². The van der Waals surface area contributed by atoms with E-state index in [0.29, 0.717) is 18.7 Å². The summed E-state index contributed by atoms with van der Waals surface area (Å²) in [5.41, 5.74) is 2.46. The molecule has 0 aromatic heterocycles. The topological polar surface area (TPSA) is 46.6 Å². The second-order valence-corrected chi connectivity index (χ2v) is 6.54. The van der Waals surface area contributed by atoms with Crippen molar-refractivity contribution in [3.8, 4) is 0 Å². The number of ketones is 1. The Morgan fingerprint density at radius 2 is 1.95 bits per heavy atom. The van der Waals surface area contributed by atoms with E-state index in [1.165, 1.54) is 5.57 Å². The van der Waals surface area contributed by atoms with Crippen LogP contribution in [-0.2, 0) is 4.74 Å². The average Bonchev–Trinajstić information content (AvgIpc) is 2.46. The van der Waals surface area contributed by atoms with E-state index in [4.69, 9.17) is 4.74 Å². The fourth-order valence-corrected chi connectivity index (χ4v) is 2.36. The monoisotopic (exact) mass is 301 g/mol. The summed E-state index contributed by atoms with van der Waals surface area (Å²) in [7, 11) is 0. The minimum atomic E-state index is -0.475. The molecule has 0 radical (unpaired) electrons. The van der Waals surface area contributed by atoms with Gasteiger partial charge in [0.15, 0.2) is 5.78 Å². The quantitative estimate of drug-likeness (QED) is 0.778. The van der Waals surface area contributed by atoms with Crippen LogP contribution in [-0.4, -0.2) is 35.5 Å². The first-order chi connectivity index (χ1) is 10.3. The summed E-state index contributed by atoms with van der Waals surface area (Å²) >= 11 is 0. The summed E-state index contributed by atoms with van der Waals surface area (Å²) in [4.78, 5) is 25.2. The molecular formula is C18H23NO3. The number of Topliss-reactive ketones (excluding diaryl/α,β-unsaturated/α-hetero) is 1. The summed E-state index contributed by atoms with van der Waals surface area (Å²) in [5, 5.41) is 0. The zero-order valence-corrected chi connectivity index (χ0v) is 13.7. The molecule has 118 valence electrons. The van der Waals surface area contributed by atoms with Crippen molar-refractivity contribution >= 4 is 17.4 Å².